The SMILES string of the molecule is O=S(=O)(Nc1cccc(Br)c1)N1CCCC(CO)C1. The van der Waals surface area contributed by atoms with E-state index in [0.717, 1.165) is 17.3 Å². The van der Waals surface area contributed by atoms with Gasteiger partial charge < -0.3 is 5.11 Å². The van der Waals surface area contributed by atoms with Gasteiger partial charge in [0.25, 0.3) is 0 Å². The van der Waals surface area contributed by atoms with Crippen LogP contribution in [0, 0.1) is 5.92 Å². The number of halogens is 1. The molecule has 1 aromatic carbocycles. The number of aliphatic hydroxyl groups is 1. The van der Waals surface area contributed by atoms with Gasteiger partial charge in [0.1, 0.15) is 0 Å². The minimum absolute atomic E-state index is 0.0307. The van der Waals surface area contributed by atoms with Crippen LogP contribution in [0.4, 0.5) is 5.69 Å². The Kier molecular flexibility index (Phi) is 4.83. The summed E-state index contributed by atoms with van der Waals surface area (Å²) in [6.45, 7) is 0.905. The number of hydrogen-bond acceptors (Lipinski definition) is 3. The zero-order valence-corrected chi connectivity index (χ0v) is 12.8. The van der Waals surface area contributed by atoms with Gasteiger partial charge in [0.05, 0.1) is 5.69 Å². The summed E-state index contributed by atoms with van der Waals surface area (Å²) in [6, 6.07) is 7.02. The van der Waals surface area contributed by atoms with Crippen LogP contribution in [0.3, 0.4) is 0 Å². The predicted octanol–water partition coefficient (Wildman–Crippen LogP) is 1.81. The van der Waals surface area contributed by atoms with Crippen molar-refractivity contribution in [1.29, 1.82) is 0 Å². The van der Waals surface area contributed by atoms with Gasteiger partial charge in [-0.3, -0.25) is 4.72 Å². The number of piperidine rings is 1. The minimum Gasteiger partial charge on any atom is -0.396 e. The van der Waals surface area contributed by atoms with Crippen LogP contribution in [0.2, 0.25) is 0 Å². The second-order valence-corrected chi connectivity index (χ2v) is 7.25. The maximum Gasteiger partial charge on any atom is 0.301 e. The molecule has 2 N–H and O–H groups in total. The van der Waals surface area contributed by atoms with Crippen molar-refractivity contribution in [1.82, 2.24) is 4.31 Å². The Hall–Kier alpha value is -0.630. The van der Waals surface area contributed by atoms with Crippen LogP contribution in [0.1, 0.15) is 12.8 Å². The van der Waals surface area contributed by atoms with Crippen LogP contribution in [0.5, 0.6) is 0 Å². The highest BCUT2D eigenvalue weighted by Crippen LogP contribution is 2.22. The zero-order valence-electron chi connectivity index (χ0n) is 10.4. The fourth-order valence-electron chi connectivity index (χ4n) is 2.16. The van der Waals surface area contributed by atoms with E-state index >= 15 is 0 Å². The van der Waals surface area contributed by atoms with Gasteiger partial charge in [0.15, 0.2) is 0 Å². The second kappa shape index (κ2) is 6.21. The summed E-state index contributed by atoms with van der Waals surface area (Å²) in [5, 5.41) is 9.15. The minimum atomic E-state index is -3.54. The van der Waals surface area contributed by atoms with Gasteiger partial charge in [-0.15, -0.1) is 0 Å². The van der Waals surface area contributed by atoms with Crippen LogP contribution in [0.15, 0.2) is 28.7 Å². The largest absolute Gasteiger partial charge is 0.396 e. The number of benzene rings is 1. The molecule has 1 aromatic rings. The van der Waals surface area contributed by atoms with Crippen LogP contribution in [-0.4, -0.2) is 37.5 Å². The topological polar surface area (TPSA) is 69.6 Å². The molecule has 1 saturated heterocycles. The highest BCUT2D eigenvalue weighted by atomic mass is 79.9. The monoisotopic (exact) mass is 348 g/mol. The molecule has 0 saturated carbocycles. The van der Waals surface area contributed by atoms with Gasteiger partial charge in [-0.2, -0.15) is 12.7 Å². The van der Waals surface area contributed by atoms with E-state index in [-0.39, 0.29) is 12.5 Å². The molecule has 0 amide bonds. The summed E-state index contributed by atoms with van der Waals surface area (Å²) in [5.74, 6) is 0.0350. The van der Waals surface area contributed by atoms with Crippen LogP contribution >= 0.6 is 15.9 Å². The average Bonchev–Trinajstić information content (AvgIpc) is 2.38. The Labute approximate surface area is 121 Å². The molecule has 7 heteroatoms. The summed E-state index contributed by atoms with van der Waals surface area (Å²) >= 11 is 3.30. The Morgan fingerprint density at radius 1 is 1.47 bits per heavy atom. The summed E-state index contributed by atoms with van der Waals surface area (Å²) in [5.41, 5.74) is 0.528. The van der Waals surface area contributed by atoms with E-state index in [9.17, 15) is 8.42 Å². The lowest BCUT2D eigenvalue weighted by Crippen LogP contribution is -2.43. The van der Waals surface area contributed by atoms with Crippen molar-refractivity contribution in [3.05, 3.63) is 28.7 Å². The second-order valence-electron chi connectivity index (χ2n) is 4.67. The molecule has 19 heavy (non-hydrogen) atoms. The lowest BCUT2D eigenvalue weighted by atomic mass is 10.0. The smallest absolute Gasteiger partial charge is 0.301 e. The van der Waals surface area contributed by atoms with E-state index in [1.54, 1.807) is 18.2 Å². The van der Waals surface area contributed by atoms with E-state index in [1.165, 1.54) is 4.31 Å². The third-order valence-electron chi connectivity index (χ3n) is 3.15. The molecule has 1 unspecified atom stereocenters. The number of nitrogens with zero attached hydrogens (tertiary/aromatic N) is 1. The molecule has 1 fully saturated rings. The molecule has 5 nitrogen and oxygen atoms in total. The average molecular weight is 349 g/mol. The first-order valence-corrected chi connectivity index (χ1v) is 8.39. The predicted molar refractivity (Wildman–Crippen MR) is 78.1 cm³/mol. The third-order valence-corrected chi connectivity index (χ3v) is 5.15. The lowest BCUT2D eigenvalue weighted by molar-refractivity contribution is 0.166. The van der Waals surface area contributed by atoms with Crippen molar-refractivity contribution in [2.24, 2.45) is 5.92 Å². The molecule has 2 rings (SSSR count). The lowest BCUT2D eigenvalue weighted by Gasteiger charge is -2.31. The summed E-state index contributed by atoms with van der Waals surface area (Å²) < 4.78 is 29.3. The molecule has 0 aromatic heterocycles. The van der Waals surface area contributed by atoms with E-state index in [1.807, 2.05) is 6.07 Å². The van der Waals surface area contributed by atoms with Gasteiger partial charge in [0, 0.05) is 24.2 Å². The zero-order chi connectivity index (χ0) is 13.9. The number of rotatable bonds is 4. The Morgan fingerprint density at radius 3 is 2.95 bits per heavy atom. The molecular formula is C12H17BrN2O3S. The fraction of sp³-hybridized carbons (Fsp3) is 0.500. The third kappa shape index (κ3) is 3.92. The molecule has 1 heterocycles. The van der Waals surface area contributed by atoms with Crippen molar-refractivity contribution >= 4 is 31.8 Å². The van der Waals surface area contributed by atoms with Crippen molar-refractivity contribution in [2.45, 2.75) is 12.8 Å². The maximum atomic E-state index is 12.2. The van der Waals surface area contributed by atoms with E-state index in [0.29, 0.717) is 18.8 Å². The van der Waals surface area contributed by atoms with Crippen molar-refractivity contribution in [3.8, 4) is 0 Å². The van der Waals surface area contributed by atoms with Gasteiger partial charge >= 0.3 is 10.2 Å². The Morgan fingerprint density at radius 2 is 2.26 bits per heavy atom. The van der Waals surface area contributed by atoms with Gasteiger partial charge in [0.2, 0.25) is 0 Å². The first-order chi connectivity index (χ1) is 9.01. The fourth-order valence-corrected chi connectivity index (χ4v) is 3.89. The summed E-state index contributed by atoms with van der Waals surface area (Å²) in [7, 11) is -3.54. The summed E-state index contributed by atoms with van der Waals surface area (Å²) in [4.78, 5) is 0. The summed E-state index contributed by atoms with van der Waals surface area (Å²) in [6.07, 6.45) is 1.66. The quantitative estimate of drug-likeness (QED) is 0.871. The van der Waals surface area contributed by atoms with Crippen molar-refractivity contribution < 1.29 is 13.5 Å². The molecule has 0 spiro atoms. The molecule has 106 valence electrons. The first kappa shape index (κ1) is 14.8. The molecule has 1 atom stereocenters. The molecule has 0 aliphatic carbocycles. The molecule has 1 aliphatic heterocycles. The van der Waals surface area contributed by atoms with Crippen LogP contribution in [0.25, 0.3) is 0 Å². The number of anilines is 1. The normalized spacial score (nSPS) is 21.3. The van der Waals surface area contributed by atoms with Crippen LogP contribution in [-0.2, 0) is 10.2 Å². The maximum absolute atomic E-state index is 12.2. The first-order valence-electron chi connectivity index (χ1n) is 6.15. The van der Waals surface area contributed by atoms with Gasteiger partial charge in [-0.05, 0) is 37.0 Å². The number of hydrogen-bond donors (Lipinski definition) is 2. The van der Waals surface area contributed by atoms with Crippen molar-refractivity contribution in [2.75, 3.05) is 24.4 Å². The van der Waals surface area contributed by atoms with Gasteiger partial charge in [-0.25, -0.2) is 0 Å². The van der Waals surface area contributed by atoms with Crippen molar-refractivity contribution in [3.63, 3.8) is 0 Å². The van der Waals surface area contributed by atoms with E-state index in [4.69, 9.17) is 5.11 Å². The highest BCUT2D eigenvalue weighted by molar-refractivity contribution is 9.10. The molecule has 0 radical (unpaired) electrons. The van der Waals surface area contributed by atoms with Crippen LogP contribution < -0.4 is 4.72 Å². The highest BCUT2D eigenvalue weighted by Gasteiger charge is 2.28. The van der Waals surface area contributed by atoms with E-state index in [2.05, 4.69) is 20.7 Å². The Balaban J connectivity index is 2.09. The van der Waals surface area contributed by atoms with E-state index < -0.39 is 10.2 Å². The van der Waals surface area contributed by atoms with Gasteiger partial charge in [-0.1, -0.05) is 22.0 Å². The molecular weight excluding hydrogens is 332 g/mol. The number of aliphatic hydroxyl groups excluding tert-OH is 1. The Bertz CT molecular complexity index is 536. The number of nitrogens with one attached hydrogen (secondary N) is 1. The molecule has 1 aliphatic rings. The molecule has 0 bridgehead atoms. The standard InChI is InChI=1S/C12H17BrN2O3S/c13-11-4-1-5-12(7-11)14-19(17,18)15-6-2-3-10(8-15)9-16/h1,4-5,7,10,14,16H,2-3,6,8-9H2.